The van der Waals surface area contributed by atoms with Gasteiger partial charge in [-0.1, -0.05) is 12.8 Å². The molecule has 154 valence electrons. The molecular formula is C20H31ClN6O. The third-order valence-electron chi connectivity index (χ3n) is 5.50. The van der Waals surface area contributed by atoms with Crippen LogP contribution in [0.15, 0.2) is 6.07 Å². The summed E-state index contributed by atoms with van der Waals surface area (Å²) in [5, 5.41) is 7.79. The number of rotatable bonds is 5. The van der Waals surface area contributed by atoms with Crippen molar-refractivity contribution in [3.8, 4) is 5.95 Å². The number of carbonyl (C=O) groups is 1. The molecular weight excluding hydrogens is 376 g/mol. The highest BCUT2D eigenvalue weighted by atomic mass is 35.5. The minimum Gasteiger partial charge on any atom is -0.353 e. The number of amides is 1. The van der Waals surface area contributed by atoms with Crippen LogP contribution < -0.4 is 11.1 Å². The van der Waals surface area contributed by atoms with Gasteiger partial charge in [-0.3, -0.25) is 4.79 Å². The normalized spacial score (nSPS) is 19.2. The van der Waals surface area contributed by atoms with E-state index in [1.807, 2.05) is 33.8 Å². The lowest BCUT2D eigenvalue weighted by Gasteiger charge is -2.31. The summed E-state index contributed by atoms with van der Waals surface area (Å²) in [5.74, 6) is 0.971. The van der Waals surface area contributed by atoms with Gasteiger partial charge in [-0.05, 0) is 59.1 Å². The number of aromatic nitrogens is 4. The highest BCUT2D eigenvalue weighted by molar-refractivity contribution is 5.85. The zero-order valence-corrected chi connectivity index (χ0v) is 18.0. The molecule has 0 saturated heterocycles. The van der Waals surface area contributed by atoms with Crippen molar-refractivity contribution in [1.29, 1.82) is 0 Å². The fourth-order valence-electron chi connectivity index (χ4n) is 4.03. The first-order valence-electron chi connectivity index (χ1n) is 9.76. The second kappa shape index (κ2) is 9.47. The molecule has 1 saturated carbocycles. The summed E-state index contributed by atoms with van der Waals surface area (Å²) < 4.78 is 1.74. The van der Waals surface area contributed by atoms with Crippen molar-refractivity contribution >= 4 is 18.3 Å². The number of nitrogens with two attached hydrogens (primary N) is 1. The van der Waals surface area contributed by atoms with E-state index < -0.39 is 0 Å². The lowest BCUT2D eigenvalue weighted by Crippen LogP contribution is -2.45. The number of carbonyl (C=O) groups excluding carboxylic acids is 1. The molecule has 2 aromatic heterocycles. The monoisotopic (exact) mass is 406 g/mol. The zero-order valence-electron chi connectivity index (χ0n) is 17.2. The Kier molecular flexibility index (Phi) is 7.55. The molecule has 0 aliphatic heterocycles. The second-order valence-corrected chi connectivity index (χ2v) is 7.64. The van der Waals surface area contributed by atoms with Gasteiger partial charge in [0.05, 0.1) is 12.1 Å². The minimum absolute atomic E-state index is 0. The van der Waals surface area contributed by atoms with Crippen LogP contribution >= 0.6 is 12.4 Å². The molecule has 7 nitrogen and oxygen atoms in total. The van der Waals surface area contributed by atoms with Gasteiger partial charge in [-0.15, -0.1) is 12.4 Å². The molecule has 1 aliphatic carbocycles. The van der Waals surface area contributed by atoms with Gasteiger partial charge in [0.2, 0.25) is 5.91 Å². The highest BCUT2D eigenvalue weighted by Crippen LogP contribution is 2.24. The molecule has 1 aliphatic rings. The van der Waals surface area contributed by atoms with Gasteiger partial charge in [0.1, 0.15) is 0 Å². The Morgan fingerprint density at radius 3 is 2.46 bits per heavy atom. The molecule has 8 heteroatoms. The highest BCUT2D eigenvalue weighted by Gasteiger charge is 2.26. The van der Waals surface area contributed by atoms with Crippen molar-refractivity contribution in [3.63, 3.8) is 0 Å². The molecule has 0 spiro atoms. The number of hydrogen-bond donors (Lipinski definition) is 2. The summed E-state index contributed by atoms with van der Waals surface area (Å²) in [6, 6.07) is 2.12. The third kappa shape index (κ3) is 4.89. The fraction of sp³-hybridized carbons (Fsp3) is 0.600. The predicted molar refractivity (Wildman–Crippen MR) is 112 cm³/mol. The first-order chi connectivity index (χ1) is 12.9. The number of halogens is 1. The van der Waals surface area contributed by atoms with E-state index in [0.717, 1.165) is 47.6 Å². The van der Waals surface area contributed by atoms with Gasteiger partial charge in [0.25, 0.3) is 5.95 Å². The largest absolute Gasteiger partial charge is 0.353 e. The zero-order chi connectivity index (χ0) is 19.6. The molecule has 0 aromatic carbocycles. The number of nitrogens with one attached hydrogen (secondary N) is 1. The van der Waals surface area contributed by atoms with Gasteiger partial charge in [0.15, 0.2) is 0 Å². The van der Waals surface area contributed by atoms with E-state index in [1.54, 1.807) is 4.68 Å². The molecule has 3 rings (SSSR count). The summed E-state index contributed by atoms with van der Waals surface area (Å²) in [7, 11) is 0. The summed E-state index contributed by atoms with van der Waals surface area (Å²) >= 11 is 0. The van der Waals surface area contributed by atoms with Crippen molar-refractivity contribution < 1.29 is 4.79 Å². The summed E-state index contributed by atoms with van der Waals surface area (Å²) in [4.78, 5) is 21.7. The molecule has 2 heterocycles. The van der Waals surface area contributed by atoms with Crippen LogP contribution in [0.5, 0.6) is 0 Å². The third-order valence-corrected chi connectivity index (χ3v) is 5.50. The SMILES string of the molecule is Cc1cc(C)nc(-n2nc(C)c(CC(=O)NC3CCCCC3CN)c2C)n1.Cl. The topological polar surface area (TPSA) is 98.7 Å². The van der Waals surface area contributed by atoms with Crippen LogP contribution in [0.4, 0.5) is 0 Å². The van der Waals surface area contributed by atoms with Gasteiger partial charge in [-0.2, -0.15) is 5.10 Å². The number of hydrogen-bond acceptors (Lipinski definition) is 5. The first kappa shape index (κ1) is 22.3. The molecule has 2 atom stereocenters. The van der Waals surface area contributed by atoms with Crippen LogP contribution in [-0.4, -0.2) is 38.2 Å². The molecule has 1 fully saturated rings. The summed E-state index contributed by atoms with van der Waals surface area (Å²) in [5.41, 5.74) is 10.4. The van der Waals surface area contributed by atoms with Gasteiger partial charge < -0.3 is 11.1 Å². The van der Waals surface area contributed by atoms with E-state index in [9.17, 15) is 4.79 Å². The quantitative estimate of drug-likeness (QED) is 0.794. The van der Waals surface area contributed by atoms with Crippen molar-refractivity contribution in [2.24, 2.45) is 11.7 Å². The Morgan fingerprint density at radius 1 is 1.18 bits per heavy atom. The van der Waals surface area contributed by atoms with E-state index >= 15 is 0 Å². The fourth-order valence-corrected chi connectivity index (χ4v) is 4.03. The van der Waals surface area contributed by atoms with E-state index in [2.05, 4.69) is 20.4 Å². The summed E-state index contributed by atoms with van der Waals surface area (Å²) in [6.45, 7) is 8.41. The van der Waals surface area contributed by atoms with Crippen molar-refractivity contribution in [3.05, 3.63) is 34.4 Å². The maximum atomic E-state index is 12.7. The lowest BCUT2D eigenvalue weighted by molar-refractivity contribution is -0.121. The van der Waals surface area contributed by atoms with Crippen molar-refractivity contribution in [2.75, 3.05) is 6.54 Å². The van der Waals surface area contributed by atoms with Crippen molar-refractivity contribution in [1.82, 2.24) is 25.1 Å². The molecule has 2 unspecified atom stereocenters. The Balaban J connectivity index is 0.00000280. The minimum atomic E-state index is 0. The first-order valence-corrected chi connectivity index (χ1v) is 9.76. The molecule has 0 bridgehead atoms. The van der Waals surface area contributed by atoms with Gasteiger partial charge >= 0.3 is 0 Å². The molecule has 28 heavy (non-hydrogen) atoms. The van der Waals surface area contributed by atoms with Crippen LogP contribution in [-0.2, 0) is 11.2 Å². The number of aryl methyl sites for hydroxylation is 3. The Hall–Kier alpha value is -1.99. The number of nitrogens with zero attached hydrogens (tertiary/aromatic N) is 4. The Bertz CT molecular complexity index is 814. The lowest BCUT2D eigenvalue weighted by atomic mass is 9.84. The molecule has 3 N–H and O–H groups in total. The standard InChI is InChI=1S/C20H30N6O.ClH/c1-12-9-13(2)23-20(22-12)26-15(4)17(14(3)25-26)10-19(27)24-18-8-6-5-7-16(18)11-21;/h9,16,18H,5-8,10-11,21H2,1-4H3,(H,24,27);1H. The Morgan fingerprint density at radius 2 is 1.82 bits per heavy atom. The second-order valence-electron chi connectivity index (χ2n) is 7.64. The molecule has 2 aromatic rings. The summed E-state index contributed by atoms with van der Waals surface area (Å²) in [6.07, 6.45) is 4.79. The van der Waals surface area contributed by atoms with E-state index in [0.29, 0.717) is 24.8 Å². The average molecular weight is 407 g/mol. The average Bonchev–Trinajstić information content (AvgIpc) is 2.89. The molecule has 1 amide bonds. The van der Waals surface area contributed by atoms with Gasteiger partial charge in [0, 0.05) is 28.7 Å². The van der Waals surface area contributed by atoms with Crippen LogP contribution in [0.25, 0.3) is 5.95 Å². The van der Waals surface area contributed by atoms with E-state index in [1.165, 1.54) is 6.42 Å². The van der Waals surface area contributed by atoms with E-state index in [-0.39, 0.29) is 24.4 Å². The van der Waals surface area contributed by atoms with Gasteiger partial charge in [-0.25, -0.2) is 14.6 Å². The van der Waals surface area contributed by atoms with Crippen LogP contribution in [0, 0.1) is 33.6 Å². The van der Waals surface area contributed by atoms with E-state index in [4.69, 9.17) is 5.73 Å². The van der Waals surface area contributed by atoms with Crippen LogP contribution in [0.2, 0.25) is 0 Å². The maximum Gasteiger partial charge on any atom is 0.251 e. The van der Waals surface area contributed by atoms with Crippen LogP contribution in [0.1, 0.15) is 54.0 Å². The Labute approximate surface area is 172 Å². The van der Waals surface area contributed by atoms with Crippen LogP contribution in [0.3, 0.4) is 0 Å². The molecule has 0 radical (unpaired) electrons. The maximum absolute atomic E-state index is 12.7. The van der Waals surface area contributed by atoms with Crippen molar-refractivity contribution in [2.45, 2.75) is 65.8 Å². The smallest absolute Gasteiger partial charge is 0.251 e. The predicted octanol–water partition coefficient (Wildman–Crippen LogP) is 2.49.